The molecule has 1 aromatic rings. The summed E-state index contributed by atoms with van der Waals surface area (Å²) in [6, 6.07) is 5.36. The minimum Gasteiger partial charge on any atom is -0.478 e. The fourth-order valence-corrected chi connectivity index (χ4v) is 6.95. The molecule has 2 atom stereocenters. The Balaban J connectivity index is 0.000000283. The number of nitrogen functional groups attached to an aromatic ring is 1. The van der Waals surface area contributed by atoms with E-state index in [1.165, 1.54) is 108 Å². The van der Waals surface area contributed by atoms with E-state index in [4.69, 9.17) is 10.8 Å². The molecule has 2 aliphatic rings. The molecule has 2 aliphatic carbocycles. The summed E-state index contributed by atoms with van der Waals surface area (Å²) < 4.78 is 0. The molecule has 1 aromatic carbocycles. The van der Waals surface area contributed by atoms with Crippen molar-refractivity contribution in [2.45, 2.75) is 123 Å². The number of hydrogen-bond donors (Lipinski definition) is 2. The molecule has 4 heteroatoms. The van der Waals surface area contributed by atoms with Crippen molar-refractivity contribution in [1.29, 1.82) is 0 Å². The monoisotopic (exact) mass is 549 g/mol. The van der Waals surface area contributed by atoms with Gasteiger partial charge in [0.25, 0.3) is 0 Å². The summed E-state index contributed by atoms with van der Waals surface area (Å²) in [5.41, 5.74) is 7.55. The maximum Gasteiger partial charge on any atom is 0.337 e. The molecule has 2 unspecified atom stereocenters. The Bertz CT molecular complexity index is 710. The van der Waals surface area contributed by atoms with E-state index in [0.717, 1.165) is 35.7 Å². The van der Waals surface area contributed by atoms with E-state index < -0.39 is 5.97 Å². The number of carboxylic acid groups (broad SMARTS) is 1. The average molecular weight is 551 g/mol. The highest BCUT2D eigenvalue weighted by atomic mass is 79.9. The van der Waals surface area contributed by atoms with Crippen LogP contribution in [-0.2, 0) is 6.42 Å². The largest absolute Gasteiger partial charge is 0.478 e. The molecule has 0 radical (unpaired) electrons. The van der Waals surface area contributed by atoms with Gasteiger partial charge in [-0.2, -0.15) is 0 Å². The molecule has 0 heterocycles. The van der Waals surface area contributed by atoms with Gasteiger partial charge in [0.2, 0.25) is 0 Å². The quantitative estimate of drug-likeness (QED) is 0.201. The third-order valence-corrected chi connectivity index (χ3v) is 9.34. The summed E-state index contributed by atoms with van der Waals surface area (Å²) in [5, 5.41) is 10.2. The van der Waals surface area contributed by atoms with Crippen LogP contribution in [0.1, 0.15) is 133 Å². The number of carbonyl (C=O) groups is 1. The lowest BCUT2D eigenvalue weighted by atomic mass is 9.76. The average Bonchev–Trinajstić information content (AvgIpc) is 2.88. The number of nitrogens with two attached hydrogens (primary N) is 1. The van der Waals surface area contributed by atoms with Crippen LogP contribution in [0.5, 0.6) is 0 Å². The Hall–Kier alpha value is -1.03. The number of anilines is 1. The van der Waals surface area contributed by atoms with Gasteiger partial charge in [-0.3, -0.25) is 0 Å². The smallest absolute Gasteiger partial charge is 0.337 e. The van der Waals surface area contributed by atoms with Crippen molar-refractivity contribution >= 4 is 27.6 Å². The number of rotatable bonds is 12. The fraction of sp³-hybridized carbons (Fsp3) is 0.774. The van der Waals surface area contributed by atoms with Crippen LogP contribution in [0.2, 0.25) is 0 Å². The molecule has 0 saturated heterocycles. The number of hydrogen-bond acceptors (Lipinski definition) is 2. The van der Waals surface area contributed by atoms with E-state index in [1.54, 1.807) is 6.07 Å². The van der Waals surface area contributed by atoms with Gasteiger partial charge in [-0.1, -0.05) is 113 Å². The summed E-state index contributed by atoms with van der Waals surface area (Å²) in [4.78, 5) is 11.0. The molecule has 0 spiro atoms. The molecule has 0 aliphatic heterocycles. The molecular weight excluding hydrogens is 498 g/mol. The van der Waals surface area contributed by atoms with Crippen LogP contribution in [0.25, 0.3) is 0 Å². The van der Waals surface area contributed by atoms with Crippen molar-refractivity contribution in [2.24, 2.45) is 23.7 Å². The molecule has 2 saturated carbocycles. The molecule has 200 valence electrons. The lowest BCUT2D eigenvalue weighted by molar-refractivity contribution is 0.0698. The lowest BCUT2D eigenvalue weighted by Gasteiger charge is -2.29. The Morgan fingerprint density at radius 3 is 1.86 bits per heavy atom. The predicted molar refractivity (Wildman–Crippen MR) is 154 cm³/mol. The van der Waals surface area contributed by atoms with E-state index in [2.05, 4.69) is 29.8 Å². The maximum absolute atomic E-state index is 11.0. The first-order chi connectivity index (χ1) is 17.0. The zero-order chi connectivity index (χ0) is 25.5. The Labute approximate surface area is 224 Å². The van der Waals surface area contributed by atoms with Gasteiger partial charge in [-0.05, 0) is 73.5 Å². The molecule has 2 fully saturated rings. The van der Waals surface area contributed by atoms with E-state index >= 15 is 0 Å². The minimum atomic E-state index is -0.951. The second kappa shape index (κ2) is 17.4. The molecule has 3 nitrogen and oxygen atoms in total. The molecule has 3 rings (SSSR count). The summed E-state index contributed by atoms with van der Waals surface area (Å²) in [5.74, 6) is 2.93. The Morgan fingerprint density at radius 1 is 0.914 bits per heavy atom. The second-order valence-corrected chi connectivity index (χ2v) is 11.9. The van der Waals surface area contributed by atoms with Gasteiger partial charge in [0, 0.05) is 11.0 Å². The summed E-state index contributed by atoms with van der Waals surface area (Å²) in [7, 11) is 0. The fourth-order valence-electron chi connectivity index (χ4n) is 6.63. The van der Waals surface area contributed by atoms with Crippen LogP contribution in [-0.4, -0.2) is 16.4 Å². The van der Waals surface area contributed by atoms with Crippen molar-refractivity contribution < 1.29 is 9.90 Å². The topological polar surface area (TPSA) is 63.3 Å². The molecular formula is C31H52BrNO2. The Kier molecular flexibility index (Phi) is 15.0. The van der Waals surface area contributed by atoms with Crippen LogP contribution in [0.4, 0.5) is 5.69 Å². The summed E-state index contributed by atoms with van der Waals surface area (Å²) in [6.07, 6.45) is 23.5. The van der Waals surface area contributed by atoms with Gasteiger partial charge in [0.05, 0.1) is 5.56 Å². The van der Waals surface area contributed by atoms with E-state index in [9.17, 15) is 4.79 Å². The zero-order valence-electron chi connectivity index (χ0n) is 22.6. The van der Waals surface area contributed by atoms with E-state index in [-0.39, 0.29) is 5.56 Å². The maximum atomic E-state index is 11.0. The molecule has 0 amide bonds. The molecule has 0 aromatic heterocycles. The highest BCUT2D eigenvalue weighted by Gasteiger charge is 2.22. The molecule has 0 bridgehead atoms. The normalized spacial score (nSPS) is 18.9. The zero-order valence-corrected chi connectivity index (χ0v) is 24.2. The third-order valence-electron chi connectivity index (χ3n) is 8.78. The first kappa shape index (κ1) is 30.2. The second-order valence-electron chi connectivity index (χ2n) is 11.1. The SMILES string of the molecule is CCC(CCCBr)C1CCCCC1.CCC(CCCc1ccc(C(=O)O)c(N)c1)C1CCCCC1. The summed E-state index contributed by atoms with van der Waals surface area (Å²) >= 11 is 3.53. The number of benzene rings is 1. The Morgan fingerprint density at radius 2 is 1.43 bits per heavy atom. The summed E-state index contributed by atoms with van der Waals surface area (Å²) in [6.45, 7) is 4.69. The standard InChI is InChI=1S/C19H29NO2.C12H23Br/c1-2-15(16-8-4-3-5-9-16)10-6-7-14-11-12-17(19(21)22)18(20)13-14;1-2-11(9-6-10-13)12-7-4-3-5-8-12/h11-13,15-16H,2-10,20H2,1H3,(H,21,22);11-12H,2-10H2,1H3. The highest BCUT2D eigenvalue weighted by molar-refractivity contribution is 9.09. The highest BCUT2D eigenvalue weighted by Crippen LogP contribution is 2.35. The number of halogens is 1. The number of alkyl halides is 1. The molecule has 35 heavy (non-hydrogen) atoms. The first-order valence-corrected chi connectivity index (χ1v) is 15.8. The van der Waals surface area contributed by atoms with Crippen molar-refractivity contribution in [2.75, 3.05) is 11.1 Å². The van der Waals surface area contributed by atoms with Gasteiger partial charge in [0.15, 0.2) is 0 Å². The van der Waals surface area contributed by atoms with Crippen LogP contribution >= 0.6 is 15.9 Å². The first-order valence-electron chi connectivity index (χ1n) is 14.7. The third kappa shape index (κ3) is 10.9. The van der Waals surface area contributed by atoms with Gasteiger partial charge in [-0.25, -0.2) is 4.79 Å². The predicted octanol–water partition coefficient (Wildman–Crippen LogP) is 9.66. The van der Waals surface area contributed by atoms with Crippen LogP contribution in [0.3, 0.4) is 0 Å². The lowest BCUT2D eigenvalue weighted by Crippen LogP contribution is -2.17. The van der Waals surface area contributed by atoms with E-state index in [0.29, 0.717) is 5.69 Å². The minimum absolute atomic E-state index is 0.206. The van der Waals surface area contributed by atoms with Crippen molar-refractivity contribution in [3.63, 3.8) is 0 Å². The van der Waals surface area contributed by atoms with E-state index in [1.807, 2.05) is 12.1 Å². The van der Waals surface area contributed by atoms with Crippen molar-refractivity contribution in [1.82, 2.24) is 0 Å². The van der Waals surface area contributed by atoms with Crippen molar-refractivity contribution in [3.8, 4) is 0 Å². The van der Waals surface area contributed by atoms with Crippen molar-refractivity contribution in [3.05, 3.63) is 29.3 Å². The van der Waals surface area contributed by atoms with Crippen LogP contribution in [0, 0.1) is 23.7 Å². The number of aromatic carboxylic acids is 1. The van der Waals surface area contributed by atoms with Gasteiger partial charge in [-0.15, -0.1) is 0 Å². The van der Waals surface area contributed by atoms with Crippen LogP contribution in [0.15, 0.2) is 18.2 Å². The molecule has 3 N–H and O–H groups in total. The number of aryl methyl sites for hydroxylation is 1. The van der Waals surface area contributed by atoms with Gasteiger partial charge < -0.3 is 10.8 Å². The number of carboxylic acids is 1. The van der Waals surface area contributed by atoms with Gasteiger partial charge >= 0.3 is 5.97 Å². The van der Waals surface area contributed by atoms with Gasteiger partial charge in [0.1, 0.15) is 0 Å². The van der Waals surface area contributed by atoms with Crippen LogP contribution < -0.4 is 5.73 Å².